The first-order valence-electron chi connectivity index (χ1n) is 4.04. The van der Waals surface area contributed by atoms with Gasteiger partial charge in [-0.25, -0.2) is 4.79 Å². The van der Waals surface area contributed by atoms with Crippen LogP contribution in [0.3, 0.4) is 0 Å². The van der Waals surface area contributed by atoms with Gasteiger partial charge in [0.05, 0.1) is 0 Å². The van der Waals surface area contributed by atoms with Gasteiger partial charge in [-0.15, -0.1) is 0 Å². The molecule has 1 aromatic rings. The van der Waals surface area contributed by atoms with E-state index in [1.54, 1.807) is 11.3 Å². The maximum Gasteiger partial charge on any atom is 0.312 e. The zero-order valence-electron chi connectivity index (χ0n) is 7.25. The highest BCUT2D eigenvalue weighted by atomic mass is 32.1. The Morgan fingerprint density at radius 1 is 1.54 bits per heavy atom. The zero-order valence-corrected chi connectivity index (χ0v) is 8.06. The highest BCUT2D eigenvalue weighted by Gasteiger charge is 1.92. The molecule has 0 aliphatic rings. The van der Waals surface area contributed by atoms with E-state index >= 15 is 0 Å². The van der Waals surface area contributed by atoms with Crippen molar-refractivity contribution in [3.8, 4) is 0 Å². The summed E-state index contributed by atoms with van der Waals surface area (Å²) in [6.45, 7) is 2.14. The number of carbonyl (C=O) groups excluding carboxylic acids is 1. The Kier molecular flexibility index (Phi) is 4.28. The van der Waals surface area contributed by atoms with Gasteiger partial charge in [0.15, 0.2) is 0 Å². The van der Waals surface area contributed by atoms with Crippen LogP contribution in [0.1, 0.15) is 5.56 Å². The number of rotatable bonds is 5. The second-order valence-corrected chi connectivity index (χ2v) is 3.38. The van der Waals surface area contributed by atoms with Crippen molar-refractivity contribution in [2.75, 3.05) is 13.1 Å². The molecular weight excluding hydrogens is 186 g/mol. The molecule has 0 bridgehead atoms. The number of urea groups is 1. The van der Waals surface area contributed by atoms with Gasteiger partial charge in [-0.3, -0.25) is 0 Å². The van der Waals surface area contributed by atoms with Crippen LogP contribution in [0.2, 0.25) is 0 Å². The van der Waals surface area contributed by atoms with Gasteiger partial charge in [-0.2, -0.15) is 11.3 Å². The quantitative estimate of drug-likeness (QED) is 0.605. The van der Waals surface area contributed by atoms with Crippen molar-refractivity contribution in [3.05, 3.63) is 22.4 Å². The van der Waals surface area contributed by atoms with Crippen LogP contribution in [0, 0.1) is 0 Å². The molecule has 1 rings (SSSR count). The summed E-state index contributed by atoms with van der Waals surface area (Å²) in [5.41, 5.74) is 6.16. The van der Waals surface area contributed by atoms with Crippen LogP contribution in [0.25, 0.3) is 0 Å². The minimum atomic E-state index is -0.475. The van der Waals surface area contributed by atoms with Crippen LogP contribution in [-0.2, 0) is 6.54 Å². The summed E-state index contributed by atoms with van der Waals surface area (Å²) in [5, 5.41) is 9.82. The van der Waals surface area contributed by atoms with Gasteiger partial charge < -0.3 is 16.4 Å². The van der Waals surface area contributed by atoms with Crippen LogP contribution in [-0.4, -0.2) is 19.1 Å². The number of carbonyl (C=O) groups is 1. The fraction of sp³-hybridized carbons (Fsp3) is 0.375. The largest absolute Gasteiger partial charge is 0.352 e. The topological polar surface area (TPSA) is 67.2 Å². The molecule has 0 unspecified atom stereocenters. The number of nitrogens with two attached hydrogens (primary N) is 1. The highest BCUT2D eigenvalue weighted by molar-refractivity contribution is 7.07. The van der Waals surface area contributed by atoms with Crippen molar-refractivity contribution < 1.29 is 4.79 Å². The second kappa shape index (κ2) is 5.55. The Labute approximate surface area is 81.1 Å². The second-order valence-electron chi connectivity index (χ2n) is 2.60. The molecule has 0 fully saturated rings. The van der Waals surface area contributed by atoms with Gasteiger partial charge in [0.2, 0.25) is 0 Å². The van der Waals surface area contributed by atoms with E-state index in [-0.39, 0.29) is 0 Å². The first-order chi connectivity index (χ1) is 6.29. The molecule has 1 aromatic heterocycles. The molecule has 0 aliphatic carbocycles. The van der Waals surface area contributed by atoms with Crippen LogP contribution in [0.5, 0.6) is 0 Å². The van der Waals surface area contributed by atoms with E-state index in [0.29, 0.717) is 6.54 Å². The van der Waals surface area contributed by atoms with Gasteiger partial charge in [-0.05, 0) is 22.4 Å². The van der Waals surface area contributed by atoms with Gasteiger partial charge >= 0.3 is 6.03 Å². The summed E-state index contributed by atoms with van der Waals surface area (Å²) in [4.78, 5) is 10.3. The van der Waals surface area contributed by atoms with Crippen LogP contribution < -0.4 is 16.4 Å². The van der Waals surface area contributed by atoms with E-state index < -0.39 is 6.03 Å². The van der Waals surface area contributed by atoms with Crippen LogP contribution in [0.4, 0.5) is 4.79 Å². The summed E-state index contributed by atoms with van der Waals surface area (Å²) in [6, 6.07) is 1.59. The molecule has 2 amide bonds. The van der Waals surface area contributed by atoms with Crippen molar-refractivity contribution in [1.29, 1.82) is 0 Å². The van der Waals surface area contributed by atoms with E-state index in [1.807, 2.05) is 5.38 Å². The average Bonchev–Trinajstić information content (AvgIpc) is 2.55. The van der Waals surface area contributed by atoms with E-state index in [2.05, 4.69) is 22.1 Å². The molecule has 0 saturated carbocycles. The van der Waals surface area contributed by atoms with E-state index in [0.717, 1.165) is 13.1 Å². The van der Waals surface area contributed by atoms with Crippen molar-refractivity contribution >= 4 is 17.4 Å². The molecule has 0 spiro atoms. The number of nitrogens with one attached hydrogen (secondary N) is 2. The first-order valence-corrected chi connectivity index (χ1v) is 4.98. The minimum Gasteiger partial charge on any atom is -0.352 e. The smallest absolute Gasteiger partial charge is 0.312 e. The molecule has 4 N–H and O–H groups in total. The van der Waals surface area contributed by atoms with Gasteiger partial charge in [-0.1, -0.05) is 0 Å². The summed E-state index contributed by atoms with van der Waals surface area (Å²) in [5.74, 6) is 0. The third-order valence-electron chi connectivity index (χ3n) is 1.51. The highest BCUT2D eigenvalue weighted by Crippen LogP contribution is 2.04. The van der Waals surface area contributed by atoms with Crippen molar-refractivity contribution in [2.45, 2.75) is 6.54 Å². The Hall–Kier alpha value is -1.07. The molecule has 13 heavy (non-hydrogen) atoms. The van der Waals surface area contributed by atoms with Crippen LogP contribution >= 0.6 is 11.3 Å². The monoisotopic (exact) mass is 199 g/mol. The fourth-order valence-electron chi connectivity index (χ4n) is 0.900. The average molecular weight is 199 g/mol. The third-order valence-corrected chi connectivity index (χ3v) is 2.24. The lowest BCUT2D eigenvalue weighted by Gasteiger charge is -2.03. The fourth-order valence-corrected chi connectivity index (χ4v) is 1.57. The number of thiophene rings is 1. The number of hydrogen-bond donors (Lipinski definition) is 3. The van der Waals surface area contributed by atoms with E-state index in [9.17, 15) is 4.79 Å². The van der Waals surface area contributed by atoms with E-state index in [4.69, 9.17) is 5.73 Å². The summed E-state index contributed by atoms with van der Waals surface area (Å²) >= 11 is 1.68. The van der Waals surface area contributed by atoms with Gasteiger partial charge in [0, 0.05) is 19.6 Å². The van der Waals surface area contributed by atoms with Crippen LogP contribution in [0.15, 0.2) is 16.8 Å². The van der Waals surface area contributed by atoms with Crippen molar-refractivity contribution in [3.63, 3.8) is 0 Å². The lowest BCUT2D eigenvalue weighted by molar-refractivity contribution is 0.249. The normalized spacial score (nSPS) is 9.85. The van der Waals surface area contributed by atoms with Gasteiger partial charge in [0.25, 0.3) is 0 Å². The zero-order chi connectivity index (χ0) is 9.52. The molecule has 0 aliphatic heterocycles. The Bertz CT molecular complexity index is 248. The third kappa shape index (κ3) is 4.49. The Morgan fingerprint density at radius 2 is 2.38 bits per heavy atom. The summed E-state index contributed by atoms with van der Waals surface area (Å²) in [6.07, 6.45) is 0. The predicted octanol–water partition coefficient (Wildman–Crippen LogP) is 0.506. The number of amides is 2. The molecule has 0 atom stereocenters. The lowest BCUT2D eigenvalue weighted by Crippen LogP contribution is -2.35. The molecule has 0 aromatic carbocycles. The van der Waals surface area contributed by atoms with Gasteiger partial charge in [0.1, 0.15) is 0 Å². The Balaban J connectivity index is 1.99. The van der Waals surface area contributed by atoms with Crippen molar-refractivity contribution in [2.24, 2.45) is 5.73 Å². The molecule has 5 heteroatoms. The number of primary amides is 1. The van der Waals surface area contributed by atoms with Crippen molar-refractivity contribution in [1.82, 2.24) is 10.6 Å². The standard InChI is InChI=1S/C8H13N3OS/c9-8(12)11-3-2-10-5-7-1-4-13-6-7/h1,4,6,10H,2-3,5H2,(H3,9,11,12). The minimum absolute atomic E-state index is 0.475. The van der Waals surface area contributed by atoms with E-state index in [1.165, 1.54) is 5.56 Å². The first kappa shape index (κ1) is 10.0. The Morgan fingerprint density at radius 3 is 3.00 bits per heavy atom. The maximum atomic E-state index is 10.3. The molecule has 72 valence electrons. The molecule has 4 nitrogen and oxygen atoms in total. The lowest BCUT2D eigenvalue weighted by atomic mass is 10.3. The molecule has 1 heterocycles. The summed E-state index contributed by atoms with van der Waals surface area (Å²) < 4.78 is 0. The maximum absolute atomic E-state index is 10.3. The summed E-state index contributed by atoms with van der Waals surface area (Å²) in [7, 11) is 0. The SMILES string of the molecule is NC(=O)NCCNCc1ccsc1. The molecule has 0 saturated heterocycles. The molecule has 0 radical (unpaired) electrons. The predicted molar refractivity (Wildman–Crippen MR) is 53.6 cm³/mol. The number of hydrogen-bond acceptors (Lipinski definition) is 3. The molecular formula is C8H13N3OS.